The molecule has 0 saturated carbocycles. The van der Waals surface area contributed by atoms with Gasteiger partial charge in [0.25, 0.3) is 5.91 Å². The largest absolute Gasteiger partial charge is 0.349 e. The van der Waals surface area contributed by atoms with Crippen molar-refractivity contribution in [1.82, 2.24) is 25.1 Å². The fraction of sp³-hybridized carbons (Fsp3) is 0.222. The lowest BCUT2D eigenvalue weighted by Crippen LogP contribution is -2.35. The molecule has 1 atom stereocenters. The van der Waals surface area contributed by atoms with E-state index in [1.165, 1.54) is 6.33 Å². The van der Waals surface area contributed by atoms with E-state index in [0.717, 1.165) is 11.3 Å². The second-order valence-electron chi connectivity index (χ2n) is 5.65. The van der Waals surface area contributed by atoms with Gasteiger partial charge in [-0.25, -0.2) is 9.67 Å². The molecule has 3 rings (SSSR count). The normalized spacial score (nSPS) is 11.9. The minimum absolute atomic E-state index is 0.00757. The van der Waals surface area contributed by atoms with Gasteiger partial charge in [0, 0.05) is 29.9 Å². The van der Waals surface area contributed by atoms with Crippen molar-refractivity contribution < 1.29 is 4.79 Å². The topological polar surface area (TPSA) is 72.7 Å². The first-order valence-electron chi connectivity index (χ1n) is 7.83. The van der Waals surface area contributed by atoms with Gasteiger partial charge in [-0.2, -0.15) is 5.10 Å². The van der Waals surface area contributed by atoms with Gasteiger partial charge in [-0.1, -0.05) is 24.3 Å². The van der Waals surface area contributed by atoms with Gasteiger partial charge >= 0.3 is 0 Å². The molecule has 24 heavy (non-hydrogen) atoms. The average molecular weight is 321 g/mol. The molecular weight excluding hydrogens is 302 g/mol. The highest BCUT2D eigenvalue weighted by molar-refractivity contribution is 5.95. The molecule has 0 spiro atoms. The second-order valence-corrected chi connectivity index (χ2v) is 5.65. The van der Waals surface area contributed by atoms with Gasteiger partial charge in [-0.15, -0.1) is 0 Å². The summed E-state index contributed by atoms with van der Waals surface area (Å²) in [7, 11) is 0. The quantitative estimate of drug-likeness (QED) is 0.754. The van der Waals surface area contributed by atoms with Crippen molar-refractivity contribution in [2.75, 3.05) is 0 Å². The van der Waals surface area contributed by atoms with Crippen LogP contribution in [0.2, 0.25) is 0 Å². The first kappa shape index (κ1) is 15.9. The fourth-order valence-corrected chi connectivity index (χ4v) is 2.55. The van der Waals surface area contributed by atoms with Crippen LogP contribution in [0.4, 0.5) is 0 Å². The third-order valence-electron chi connectivity index (χ3n) is 3.68. The predicted molar refractivity (Wildman–Crippen MR) is 90.4 cm³/mol. The van der Waals surface area contributed by atoms with E-state index < -0.39 is 0 Å². The maximum atomic E-state index is 12.6. The molecule has 2 aromatic heterocycles. The molecule has 0 aliphatic carbocycles. The van der Waals surface area contributed by atoms with E-state index in [0.29, 0.717) is 18.5 Å². The van der Waals surface area contributed by atoms with E-state index in [9.17, 15) is 4.79 Å². The van der Waals surface area contributed by atoms with E-state index in [2.05, 4.69) is 20.4 Å². The van der Waals surface area contributed by atoms with Crippen molar-refractivity contribution in [1.29, 1.82) is 0 Å². The molecule has 0 saturated heterocycles. The summed E-state index contributed by atoms with van der Waals surface area (Å²) in [6.07, 6.45) is 5.57. The molecule has 1 aromatic carbocycles. The van der Waals surface area contributed by atoms with Gasteiger partial charge in [0.05, 0.1) is 6.54 Å². The third-order valence-corrected chi connectivity index (χ3v) is 3.68. The number of nitrogens with one attached hydrogen (secondary N) is 1. The third kappa shape index (κ3) is 4.04. The van der Waals surface area contributed by atoms with Crippen LogP contribution in [-0.4, -0.2) is 31.7 Å². The van der Waals surface area contributed by atoms with Crippen LogP contribution in [0.1, 0.15) is 28.5 Å². The Balaban J connectivity index is 1.68. The zero-order chi connectivity index (χ0) is 16.8. The Morgan fingerprint density at radius 1 is 1.21 bits per heavy atom. The molecule has 0 aliphatic heterocycles. The number of pyridine rings is 1. The van der Waals surface area contributed by atoms with Crippen LogP contribution < -0.4 is 5.32 Å². The molecule has 1 amide bonds. The number of benzene rings is 1. The predicted octanol–water partition coefficient (Wildman–Crippen LogP) is 2.08. The number of aromatic nitrogens is 4. The summed E-state index contributed by atoms with van der Waals surface area (Å²) in [5.74, 6) is -0.0888. The Kier molecular flexibility index (Phi) is 4.96. The summed E-state index contributed by atoms with van der Waals surface area (Å²) < 4.78 is 1.70. The molecule has 1 unspecified atom stereocenters. The van der Waals surface area contributed by atoms with Crippen LogP contribution in [0.5, 0.6) is 0 Å². The van der Waals surface area contributed by atoms with Gasteiger partial charge in [-0.05, 0) is 30.7 Å². The van der Waals surface area contributed by atoms with Crippen molar-refractivity contribution in [2.45, 2.75) is 25.9 Å². The van der Waals surface area contributed by atoms with E-state index in [1.54, 1.807) is 17.2 Å². The maximum absolute atomic E-state index is 12.6. The molecule has 1 N–H and O–H groups in total. The highest BCUT2D eigenvalue weighted by Gasteiger charge is 2.14. The SMILES string of the molecule is CC(Cc1ccccn1)NC(=O)c1ccccc1Cn1cncn1. The van der Waals surface area contributed by atoms with Crippen LogP contribution in [-0.2, 0) is 13.0 Å². The molecule has 0 radical (unpaired) electrons. The molecule has 0 fully saturated rings. The molecule has 3 aromatic rings. The molecule has 6 heteroatoms. The summed E-state index contributed by atoms with van der Waals surface area (Å²) >= 11 is 0. The van der Waals surface area contributed by atoms with E-state index in [1.807, 2.05) is 49.4 Å². The van der Waals surface area contributed by atoms with E-state index in [-0.39, 0.29) is 11.9 Å². The Bertz CT molecular complexity index is 786. The zero-order valence-corrected chi connectivity index (χ0v) is 13.5. The Morgan fingerprint density at radius 3 is 2.79 bits per heavy atom. The van der Waals surface area contributed by atoms with Crippen molar-refractivity contribution >= 4 is 5.91 Å². The number of hydrogen-bond donors (Lipinski definition) is 1. The van der Waals surface area contributed by atoms with Gasteiger partial charge in [0.15, 0.2) is 0 Å². The van der Waals surface area contributed by atoms with E-state index in [4.69, 9.17) is 0 Å². The maximum Gasteiger partial charge on any atom is 0.251 e. The van der Waals surface area contributed by atoms with Gasteiger partial charge in [0.1, 0.15) is 12.7 Å². The number of rotatable bonds is 6. The summed E-state index contributed by atoms with van der Waals surface area (Å²) in [4.78, 5) is 20.8. The number of hydrogen-bond acceptors (Lipinski definition) is 4. The molecule has 122 valence electrons. The first-order chi connectivity index (χ1) is 11.7. The molecule has 6 nitrogen and oxygen atoms in total. The Morgan fingerprint density at radius 2 is 2.04 bits per heavy atom. The molecular formula is C18H19N5O. The highest BCUT2D eigenvalue weighted by Crippen LogP contribution is 2.11. The highest BCUT2D eigenvalue weighted by atomic mass is 16.1. The van der Waals surface area contributed by atoms with Gasteiger partial charge < -0.3 is 5.32 Å². The van der Waals surface area contributed by atoms with Crippen LogP contribution >= 0.6 is 0 Å². The minimum Gasteiger partial charge on any atom is -0.349 e. The summed E-state index contributed by atoms with van der Waals surface area (Å²) in [6, 6.07) is 13.3. The van der Waals surface area contributed by atoms with Crippen LogP contribution in [0.25, 0.3) is 0 Å². The Labute approximate surface area is 140 Å². The lowest BCUT2D eigenvalue weighted by atomic mass is 10.1. The van der Waals surface area contributed by atoms with Crippen molar-refractivity contribution in [2.24, 2.45) is 0 Å². The summed E-state index contributed by atoms with van der Waals surface area (Å²) in [6.45, 7) is 2.49. The zero-order valence-electron chi connectivity index (χ0n) is 13.5. The summed E-state index contributed by atoms with van der Waals surface area (Å²) in [5.41, 5.74) is 2.52. The number of carbonyl (C=O) groups is 1. The Hall–Kier alpha value is -3.02. The smallest absolute Gasteiger partial charge is 0.251 e. The lowest BCUT2D eigenvalue weighted by Gasteiger charge is -2.15. The van der Waals surface area contributed by atoms with Crippen LogP contribution in [0.3, 0.4) is 0 Å². The monoisotopic (exact) mass is 321 g/mol. The van der Waals surface area contributed by atoms with Crippen LogP contribution in [0, 0.1) is 0 Å². The van der Waals surface area contributed by atoms with Gasteiger partial charge in [0.2, 0.25) is 0 Å². The van der Waals surface area contributed by atoms with Crippen molar-refractivity contribution in [3.05, 3.63) is 78.1 Å². The van der Waals surface area contributed by atoms with Gasteiger partial charge in [-0.3, -0.25) is 9.78 Å². The molecule has 2 heterocycles. The van der Waals surface area contributed by atoms with E-state index >= 15 is 0 Å². The first-order valence-corrected chi connectivity index (χ1v) is 7.83. The van der Waals surface area contributed by atoms with Crippen LogP contribution in [0.15, 0.2) is 61.3 Å². The van der Waals surface area contributed by atoms with Crippen molar-refractivity contribution in [3.63, 3.8) is 0 Å². The number of nitrogens with zero attached hydrogens (tertiary/aromatic N) is 4. The molecule has 0 aliphatic rings. The van der Waals surface area contributed by atoms with Crippen molar-refractivity contribution in [3.8, 4) is 0 Å². The fourth-order valence-electron chi connectivity index (χ4n) is 2.55. The minimum atomic E-state index is -0.0888. The molecule has 0 bridgehead atoms. The average Bonchev–Trinajstić information content (AvgIpc) is 3.09. The standard InChI is InChI=1S/C18H19N5O/c1-14(10-16-7-4-5-9-20-16)22-18(24)17-8-3-2-6-15(17)11-23-13-19-12-21-23/h2-9,12-14H,10-11H2,1H3,(H,22,24). The number of carbonyl (C=O) groups excluding carboxylic acids is 1. The second kappa shape index (κ2) is 7.50. The summed E-state index contributed by atoms with van der Waals surface area (Å²) in [5, 5.41) is 7.13. The lowest BCUT2D eigenvalue weighted by molar-refractivity contribution is 0.0939. The number of amides is 1.